The highest BCUT2D eigenvalue weighted by Gasteiger charge is 2.34. The summed E-state index contributed by atoms with van der Waals surface area (Å²) in [4.78, 5) is 22.1. The predicted molar refractivity (Wildman–Crippen MR) is 63.6 cm³/mol. The summed E-state index contributed by atoms with van der Waals surface area (Å²) in [6.45, 7) is 3.41. The molecule has 0 saturated carbocycles. The van der Waals surface area contributed by atoms with Crippen LogP contribution in [-0.4, -0.2) is 33.9 Å². The molecule has 0 aromatic rings. The lowest BCUT2D eigenvalue weighted by Gasteiger charge is -2.33. The zero-order chi connectivity index (χ0) is 13.9. The van der Waals surface area contributed by atoms with Crippen molar-refractivity contribution >= 4 is 11.9 Å². The van der Waals surface area contributed by atoms with Gasteiger partial charge in [0.2, 0.25) is 0 Å². The van der Waals surface area contributed by atoms with Crippen LogP contribution in [0.4, 0.5) is 0 Å². The van der Waals surface area contributed by atoms with Gasteiger partial charge in [0.15, 0.2) is 0 Å². The van der Waals surface area contributed by atoms with E-state index in [-0.39, 0.29) is 18.0 Å². The molecule has 1 heterocycles. The Morgan fingerprint density at radius 3 is 2.39 bits per heavy atom. The second-order valence-electron chi connectivity index (χ2n) is 4.54. The zero-order valence-corrected chi connectivity index (χ0v) is 10.4. The largest absolute Gasteiger partial charge is 0.477 e. The molecule has 0 aromatic carbocycles. The third kappa shape index (κ3) is 2.70. The van der Waals surface area contributed by atoms with E-state index in [4.69, 9.17) is 15.3 Å². The normalized spacial score (nSPS) is 23.4. The molecule has 6 heteroatoms. The lowest BCUT2D eigenvalue weighted by Crippen LogP contribution is -2.35. The van der Waals surface area contributed by atoms with Crippen molar-refractivity contribution in [3.8, 4) is 0 Å². The first-order valence-corrected chi connectivity index (χ1v) is 5.60. The summed E-state index contributed by atoms with van der Waals surface area (Å²) in [6.07, 6.45) is 2.47. The van der Waals surface area contributed by atoms with Gasteiger partial charge in [0.25, 0.3) is 0 Å². The number of carbonyl (C=O) groups is 2. The number of nitrogens with one attached hydrogen (secondary N) is 1. The fourth-order valence-corrected chi connectivity index (χ4v) is 2.01. The smallest absolute Gasteiger partial charge is 0.352 e. The molecule has 100 valence electrons. The Hall–Kier alpha value is -1.82. The molecule has 6 nitrogen and oxygen atoms in total. The summed E-state index contributed by atoms with van der Waals surface area (Å²) in [5.74, 6) is -2.38. The maximum atomic E-state index is 11.1. The number of carboxylic acid groups (broad SMARTS) is 2. The highest BCUT2D eigenvalue weighted by Crippen LogP contribution is 2.38. The van der Waals surface area contributed by atoms with Gasteiger partial charge < -0.3 is 20.6 Å². The molecule has 0 bridgehead atoms. The molecule has 0 spiro atoms. The van der Waals surface area contributed by atoms with Crippen LogP contribution in [0.25, 0.3) is 0 Å². The maximum absolute atomic E-state index is 11.1. The molecule has 4 N–H and O–H groups in total. The Labute approximate surface area is 105 Å². The van der Waals surface area contributed by atoms with Gasteiger partial charge in [-0.25, -0.2) is 9.59 Å². The molecule has 1 aliphatic rings. The highest BCUT2D eigenvalue weighted by molar-refractivity contribution is 5.93. The number of carboxylic acids is 2. The van der Waals surface area contributed by atoms with E-state index in [1.165, 1.54) is 6.08 Å². The van der Waals surface area contributed by atoms with Gasteiger partial charge in [-0.1, -0.05) is 6.92 Å². The molecule has 0 aliphatic carbocycles. The van der Waals surface area contributed by atoms with Crippen LogP contribution in [0.15, 0.2) is 23.0 Å². The van der Waals surface area contributed by atoms with E-state index < -0.39 is 17.4 Å². The number of aliphatic hydroxyl groups excluding tert-OH is 1. The second-order valence-corrected chi connectivity index (χ2v) is 4.54. The standard InChI is InChI=1S/C12H17NO5/c1-7-9(11(17)18)13-8(10(15)16)6-12(7,2)4-3-5-14/h6,13-14H,3-5H2,1-2H3,(H,15,16)(H,17,18). The third-order valence-electron chi connectivity index (χ3n) is 3.25. The number of hydrogen-bond acceptors (Lipinski definition) is 4. The minimum Gasteiger partial charge on any atom is -0.477 e. The van der Waals surface area contributed by atoms with Crippen molar-refractivity contribution in [2.75, 3.05) is 6.61 Å². The van der Waals surface area contributed by atoms with Crippen LogP contribution in [0, 0.1) is 5.41 Å². The van der Waals surface area contributed by atoms with Crippen molar-refractivity contribution in [2.45, 2.75) is 26.7 Å². The zero-order valence-electron chi connectivity index (χ0n) is 10.4. The van der Waals surface area contributed by atoms with Gasteiger partial charge in [0.1, 0.15) is 11.4 Å². The topological polar surface area (TPSA) is 107 Å². The van der Waals surface area contributed by atoms with Crippen molar-refractivity contribution in [1.82, 2.24) is 5.32 Å². The first-order chi connectivity index (χ1) is 8.31. The Morgan fingerprint density at radius 1 is 1.33 bits per heavy atom. The van der Waals surface area contributed by atoms with Crippen molar-refractivity contribution in [1.29, 1.82) is 0 Å². The maximum Gasteiger partial charge on any atom is 0.352 e. The van der Waals surface area contributed by atoms with Crippen LogP contribution in [0.1, 0.15) is 26.7 Å². The fourth-order valence-electron chi connectivity index (χ4n) is 2.01. The molecular weight excluding hydrogens is 238 g/mol. The minimum atomic E-state index is -1.20. The second kappa shape index (κ2) is 5.22. The number of rotatable bonds is 5. The molecule has 1 atom stereocenters. The van der Waals surface area contributed by atoms with Crippen molar-refractivity contribution in [3.63, 3.8) is 0 Å². The van der Waals surface area contributed by atoms with Crippen LogP contribution in [-0.2, 0) is 9.59 Å². The first kappa shape index (κ1) is 14.2. The predicted octanol–water partition coefficient (Wildman–Crippen LogP) is 0.695. The molecule has 0 fully saturated rings. The quantitative estimate of drug-likeness (QED) is 0.576. The SMILES string of the molecule is CC1=C(C(=O)O)NC(C(=O)O)=CC1(C)CCCO. The summed E-state index contributed by atoms with van der Waals surface area (Å²) in [7, 11) is 0. The minimum absolute atomic E-state index is 0.0189. The van der Waals surface area contributed by atoms with E-state index in [9.17, 15) is 9.59 Å². The van der Waals surface area contributed by atoms with Crippen LogP contribution in [0.2, 0.25) is 0 Å². The molecular formula is C12H17NO5. The lowest BCUT2D eigenvalue weighted by atomic mass is 9.75. The highest BCUT2D eigenvalue weighted by atomic mass is 16.4. The van der Waals surface area contributed by atoms with E-state index in [0.717, 1.165) is 0 Å². The Morgan fingerprint density at radius 2 is 1.94 bits per heavy atom. The summed E-state index contributed by atoms with van der Waals surface area (Å²) in [6, 6.07) is 0. The Balaban J connectivity index is 3.20. The van der Waals surface area contributed by atoms with E-state index in [1.807, 2.05) is 0 Å². The van der Waals surface area contributed by atoms with E-state index in [0.29, 0.717) is 18.4 Å². The van der Waals surface area contributed by atoms with Gasteiger partial charge in [-0.15, -0.1) is 0 Å². The summed E-state index contributed by atoms with van der Waals surface area (Å²) in [5, 5.41) is 29.3. The summed E-state index contributed by atoms with van der Waals surface area (Å²) >= 11 is 0. The number of hydrogen-bond donors (Lipinski definition) is 4. The lowest BCUT2D eigenvalue weighted by molar-refractivity contribution is -0.133. The molecule has 0 saturated heterocycles. The average molecular weight is 255 g/mol. The van der Waals surface area contributed by atoms with Crippen LogP contribution in [0.3, 0.4) is 0 Å². The van der Waals surface area contributed by atoms with Crippen molar-refractivity contribution in [3.05, 3.63) is 23.0 Å². The molecule has 0 aromatic heterocycles. The summed E-state index contributed by atoms with van der Waals surface area (Å²) < 4.78 is 0. The van der Waals surface area contributed by atoms with Gasteiger partial charge in [0.05, 0.1) is 0 Å². The number of aliphatic hydroxyl groups is 1. The third-order valence-corrected chi connectivity index (χ3v) is 3.25. The van der Waals surface area contributed by atoms with E-state index in [2.05, 4.69) is 5.32 Å². The summed E-state index contributed by atoms with van der Waals surface area (Å²) in [5.41, 5.74) is -0.350. The van der Waals surface area contributed by atoms with Crippen molar-refractivity contribution < 1.29 is 24.9 Å². The number of aliphatic carboxylic acids is 2. The number of allylic oxidation sites excluding steroid dienone is 2. The Bertz CT molecular complexity index is 438. The van der Waals surface area contributed by atoms with Gasteiger partial charge in [-0.05, 0) is 31.4 Å². The molecule has 0 radical (unpaired) electrons. The van der Waals surface area contributed by atoms with Crippen LogP contribution in [0.5, 0.6) is 0 Å². The number of dihydropyridines is 1. The van der Waals surface area contributed by atoms with E-state index in [1.54, 1.807) is 13.8 Å². The van der Waals surface area contributed by atoms with E-state index >= 15 is 0 Å². The molecule has 1 rings (SSSR count). The fraction of sp³-hybridized carbons (Fsp3) is 0.500. The van der Waals surface area contributed by atoms with Crippen LogP contribution >= 0.6 is 0 Å². The molecule has 1 aliphatic heterocycles. The van der Waals surface area contributed by atoms with Gasteiger partial charge in [-0.3, -0.25) is 0 Å². The monoisotopic (exact) mass is 255 g/mol. The Kier molecular flexibility index (Phi) is 4.13. The van der Waals surface area contributed by atoms with Crippen molar-refractivity contribution in [2.24, 2.45) is 5.41 Å². The first-order valence-electron chi connectivity index (χ1n) is 5.60. The average Bonchev–Trinajstić information content (AvgIpc) is 2.29. The van der Waals surface area contributed by atoms with Crippen LogP contribution < -0.4 is 5.32 Å². The van der Waals surface area contributed by atoms with Gasteiger partial charge >= 0.3 is 11.9 Å². The van der Waals surface area contributed by atoms with Gasteiger partial charge in [-0.2, -0.15) is 0 Å². The van der Waals surface area contributed by atoms with Gasteiger partial charge in [0, 0.05) is 12.0 Å². The molecule has 18 heavy (non-hydrogen) atoms. The molecule has 0 amide bonds. The molecule has 1 unspecified atom stereocenters.